The fourth-order valence-electron chi connectivity index (χ4n) is 4.91. The number of nitrogens with one attached hydrogen (secondary N) is 4. The highest BCUT2D eigenvalue weighted by molar-refractivity contribution is 6.00. The predicted octanol–water partition coefficient (Wildman–Crippen LogP) is 4.58. The lowest BCUT2D eigenvalue weighted by atomic mass is 10.0. The van der Waals surface area contributed by atoms with Gasteiger partial charge in [-0.2, -0.15) is 0 Å². The molecular formula is C36H45N5O6. The van der Waals surface area contributed by atoms with E-state index < -0.39 is 18.1 Å². The van der Waals surface area contributed by atoms with Crippen molar-refractivity contribution in [3.8, 4) is 0 Å². The maximum Gasteiger partial charge on any atom is 0.323 e. The molecule has 2 atom stereocenters. The van der Waals surface area contributed by atoms with Crippen LogP contribution in [-0.4, -0.2) is 73.8 Å². The van der Waals surface area contributed by atoms with Crippen molar-refractivity contribution in [1.82, 2.24) is 15.5 Å². The standard InChI is InChI=1S/C36H45N5O6/c1-24(2)21-31(34(44)37-20-19-30(35(45)47-5)38-23-32(42)27-12-7-6-8-13-27)41(4)33(43)22-26-15-17-28(18-16-26)39-36(46)40-29-14-10-9-11-25(29)3/h6-18,24,30-31,38H,19-23H2,1-5H3,(H,37,44)(H2,39,40,46)/t30-,31+/m1/s1. The first-order chi connectivity index (χ1) is 22.5. The van der Waals surface area contributed by atoms with Gasteiger partial charge in [0.15, 0.2) is 5.78 Å². The van der Waals surface area contributed by atoms with Gasteiger partial charge in [0, 0.05) is 30.5 Å². The molecule has 3 rings (SSSR count). The molecule has 250 valence electrons. The average Bonchev–Trinajstić information content (AvgIpc) is 3.06. The minimum atomic E-state index is -0.804. The Kier molecular flexibility index (Phi) is 14.1. The van der Waals surface area contributed by atoms with Gasteiger partial charge in [-0.15, -0.1) is 0 Å². The summed E-state index contributed by atoms with van der Waals surface area (Å²) in [7, 11) is 2.87. The summed E-state index contributed by atoms with van der Waals surface area (Å²) in [5.41, 5.74) is 3.48. The second-order valence-electron chi connectivity index (χ2n) is 11.7. The molecule has 3 aromatic rings. The van der Waals surface area contributed by atoms with E-state index in [4.69, 9.17) is 4.74 Å². The van der Waals surface area contributed by atoms with E-state index in [9.17, 15) is 24.0 Å². The third kappa shape index (κ3) is 11.7. The number of rotatable bonds is 16. The largest absolute Gasteiger partial charge is 0.468 e. The number of anilines is 2. The van der Waals surface area contributed by atoms with Crippen LogP contribution in [-0.2, 0) is 25.5 Å². The molecule has 11 nitrogen and oxygen atoms in total. The van der Waals surface area contributed by atoms with Crippen LogP contribution >= 0.6 is 0 Å². The van der Waals surface area contributed by atoms with Gasteiger partial charge < -0.3 is 25.6 Å². The van der Waals surface area contributed by atoms with Gasteiger partial charge in [-0.1, -0.05) is 74.5 Å². The molecule has 47 heavy (non-hydrogen) atoms. The number of ether oxygens (including phenoxy) is 1. The number of Topliss-reactive ketones (excluding diaryl/α,β-unsaturated/α-hetero) is 1. The zero-order valence-corrected chi connectivity index (χ0v) is 27.7. The molecule has 4 N–H and O–H groups in total. The zero-order valence-electron chi connectivity index (χ0n) is 27.7. The Morgan fingerprint density at radius 2 is 1.51 bits per heavy atom. The van der Waals surface area contributed by atoms with Crippen LogP contribution in [0.15, 0.2) is 78.9 Å². The molecule has 0 bridgehead atoms. The van der Waals surface area contributed by atoms with Crippen molar-refractivity contribution in [2.24, 2.45) is 5.92 Å². The molecule has 0 radical (unpaired) electrons. The SMILES string of the molecule is COC(=O)[C@@H](CCNC(=O)[C@H](CC(C)C)N(C)C(=O)Cc1ccc(NC(=O)Nc2ccccc2C)cc1)NCC(=O)c1ccccc1. The molecule has 0 saturated carbocycles. The highest BCUT2D eigenvalue weighted by Crippen LogP contribution is 2.17. The van der Waals surface area contributed by atoms with Gasteiger partial charge in [-0.05, 0) is 55.0 Å². The number of carbonyl (C=O) groups excluding carboxylic acids is 5. The van der Waals surface area contributed by atoms with Crippen molar-refractivity contribution in [3.05, 3.63) is 95.6 Å². The molecule has 3 aromatic carbocycles. The fraction of sp³-hybridized carbons (Fsp3) is 0.361. The van der Waals surface area contributed by atoms with E-state index >= 15 is 0 Å². The second-order valence-corrected chi connectivity index (χ2v) is 11.7. The summed E-state index contributed by atoms with van der Waals surface area (Å²) < 4.78 is 4.89. The van der Waals surface area contributed by atoms with E-state index in [1.54, 1.807) is 55.6 Å². The summed E-state index contributed by atoms with van der Waals surface area (Å²) in [4.78, 5) is 65.3. The molecule has 0 aliphatic heterocycles. The number of esters is 1. The summed E-state index contributed by atoms with van der Waals surface area (Å²) in [6.07, 6.45) is 0.699. The van der Waals surface area contributed by atoms with E-state index in [1.165, 1.54) is 12.0 Å². The number of methoxy groups -OCH3 is 1. The number of ketones is 1. The monoisotopic (exact) mass is 643 g/mol. The van der Waals surface area contributed by atoms with Crippen LogP contribution in [0.25, 0.3) is 0 Å². The highest BCUT2D eigenvalue weighted by Gasteiger charge is 2.28. The summed E-state index contributed by atoms with van der Waals surface area (Å²) in [6, 6.07) is 21.3. The maximum absolute atomic E-state index is 13.3. The lowest BCUT2D eigenvalue weighted by molar-refractivity contribution is -0.143. The number of nitrogens with zero attached hydrogens (tertiary/aromatic N) is 1. The smallest absolute Gasteiger partial charge is 0.323 e. The first-order valence-corrected chi connectivity index (χ1v) is 15.6. The Labute approximate surface area is 276 Å². The molecule has 11 heteroatoms. The minimum absolute atomic E-state index is 0.0669. The normalized spacial score (nSPS) is 12.0. The topological polar surface area (TPSA) is 146 Å². The number of urea groups is 1. The van der Waals surface area contributed by atoms with Crippen LogP contribution in [0.2, 0.25) is 0 Å². The lowest BCUT2D eigenvalue weighted by Gasteiger charge is -2.29. The van der Waals surface area contributed by atoms with Gasteiger partial charge in [0.25, 0.3) is 0 Å². The van der Waals surface area contributed by atoms with Crippen LogP contribution < -0.4 is 21.3 Å². The van der Waals surface area contributed by atoms with Crippen molar-refractivity contribution in [2.45, 2.75) is 52.1 Å². The van der Waals surface area contributed by atoms with Crippen molar-refractivity contribution >= 4 is 41.0 Å². The number of aryl methyl sites for hydroxylation is 1. The molecule has 0 unspecified atom stereocenters. The Hall–Kier alpha value is -5.03. The molecule has 0 heterocycles. The van der Waals surface area contributed by atoms with Gasteiger partial charge in [0.05, 0.1) is 20.1 Å². The third-order valence-corrected chi connectivity index (χ3v) is 7.64. The Balaban J connectivity index is 1.54. The molecular weight excluding hydrogens is 598 g/mol. The third-order valence-electron chi connectivity index (χ3n) is 7.64. The van der Waals surface area contributed by atoms with Gasteiger partial charge in [-0.25, -0.2) is 4.79 Å². The van der Waals surface area contributed by atoms with Crippen LogP contribution in [0.4, 0.5) is 16.2 Å². The van der Waals surface area contributed by atoms with E-state index in [2.05, 4.69) is 21.3 Å². The summed E-state index contributed by atoms with van der Waals surface area (Å²) in [5.74, 6) is -1.16. The average molecular weight is 644 g/mol. The summed E-state index contributed by atoms with van der Waals surface area (Å²) in [6.45, 7) is 5.92. The van der Waals surface area contributed by atoms with Gasteiger partial charge >= 0.3 is 12.0 Å². The maximum atomic E-state index is 13.3. The number of carbonyl (C=O) groups is 5. The van der Waals surface area contributed by atoms with Crippen molar-refractivity contribution in [1.29, 1.82) is 0 Å². The van der Waals surface area contributed by atoms with Gasteiger partial charge in [-0.3, -0.25) is 24.5 Å². The number of likely N-dealkylation sites (N-methyl/N-ethyl adjacent to an activating group) is 1. The molecule has 0 spiro atoms. The van der Waals surface area contributed by atoms with Gasteiger partial charge in [0.2, 0.25) is 11.8 Å². The Bertz CT molecular complexity index is 1510. The van der Waals surface area contributed by atoms with Crippen molar-refractivity contribution in [3.63, 3.8) is 0 Å². The fourth-order valence-corrected chi connectivity index (χ4v) is 4.91. The number of para-hydroxylation sites is 1. The summed E-state index contributed by atoms with van der Waals surface area (Å²) >= 11 is 0. The molecule has 0 aromatic heterocycles. The van der Waals surface area contributed by atoms with Crippen LogP contribution in [0, 0.1) is 12.8 Å². The first-order valence-electron chi connectivity index (χ1n) is 15.6. The second kappa shape index (κ2) is 18.2. The van der Waals surface area contributed by atoms with Crippen LogP contribution in [0.3, 0.4) is 0 Å². The number of benzene rings is 3. The van der Waals surface area contributed by atoms with E-state index in [0.29, 0.717) is 23.4 Å². The van der Waals surface area contributed by atoms with Crippen molar-refractivity contribution in [2.75, 3.05) is 37.9 Å². The number of hydrogen-bond donors (Lipinski definition) is 4. The minimum Gasteiger partial charge on any atom is -0.468 e. The highest BCUT2D eigenvalue weighted by atomic mass is 16.5. The number of hydrogen-bond acceptors (Lipinski definition) is 7. The van der Waals surface area contributed by atoms with E-state index in [1.807, 2.05) is 51.1 Å². The lowest BCUT2D eigenvalue weighted by Crippen LogP contribution is -2.50. The first kappa shape index (κ1) is 36.4. The Morgan fingerprint density at radius 1 is 0.851 bits per heavy atom. The molecule has 0 aliphatic carbocycles. The van der Waals surface area contributed by atoms with Gasteiger partial charge in [0.1, 0.15) is 12.1 Å². The van der Waals surface area contributed by atoms with Crippen molar-refractivity contribution < 1.29 is 28.7 Å². The van der Waals surface area contributed by atoms with E-state index in [0.717, 1.165) is 11.1 Å². The quantitative estimate of drug-likeness (QED) is 0.132. The predicted molar refractivity (Wildman–Crippen MR) is 182 cm³/mol. The van der Waals surface area contributed by atoms with Crippen LogP contribution in [0.5, 0.6) is 0 Å². The van der Waals surface area contributed by atoms with Crippen LogP contribution in [0.1, 0.15) is 48.2 Å². The zero-order chi connectivity index (χ0) is 34.3. The molecule has 0 fully saturated rings. The molecule has 0 saturated heterocycles. The summed E-state index contributed by atoms with van der Waals surface area (Å²) in [5, 5.41) is 11.4. The van der Waals surface area contributed by atoms with E-state index in [-0.39, 0.29) is 55.5 Å². The number of amides is 4. The molecule has 4 amide bonds. The molecule has 0 aliphatic rings. The Morgan fingerprint density at radius 3 is 2.15 bits per heavy atom.